The number of sulfonamides is 1. The molecule has 0 saturated carbocycles. The largest absolute Gasteiger partial charge is 0.339 e. The van der Waals surface area contributed by atoms with Gasteiger partial charge in [-0.15, -0.1) is 0 Å². The molecule has 1 aromatic carbocycles. The highest BCUT2D eigenvalue weighted by atomic mass is 79.9. The van der Waals surface area contributed by atoms with E-state index in [2.05, 4.69) is 15.9 Å². The number of amides is 1. The number of rotatable bonds is 2. The summed E-state index contributed by atoms with van der Waals surface area (Å²) >= 11 is 3.14. The standard InChI is InChI=1S/C13H17BrN2O3S/c14-11-6-5-10(9-12(11)20(15,18)19)13(17)16-7-3-1-2-4-8-16/h5-6,9H,1-4,7-8H2,(H2,15,18,19). The van der Waals surface area contributed by atoms with Crippen LogP contribution >= 0.6 is 15.9 Å². The molecule has 1 aliphatic rings. The van der Waals surface area contributed by atoms with Gasteiger partial charge < -0.3 is 4.90 Å². The van der Waals surface area contributed by atoms with E-state index in [1.165, 1.54) is 6.07 Å². The molecule has 1 heterocycles. The minimum atomic E-state index is -3.85. The normalized spacial score (nSPS) is 16.8. The summed E-state index contributed by atoms with van der Waals surface area (Å²) in [6.45, 7) is 1.44. The van der Waals surface area contributed by atoms with E-state index in [0.29, 0.717) is 10.0 Å². The summed E-state index contributed by atoms with van der Waals surface area (Å²) in [6.07, 6.45) is 4.24. The smallest absolute Gasteiger partial charge is 0.253 e. The highest BCUT2D eigenvalue weighted by Crippen LogP contribution is 2.23. The van der Waals surface area contributed by atoms with Crippen LogP contribution in [0.5, 0.6) is 0 Å². The lowest BCUT2D eigenvalue weighted by Gasteiger charge is -2.20. The molecule has 2 N–H and O–H groups in total. The van der Waals surface area contributed by atoms with Crippen molar-refractivity contribution in [3.63, 3.8) is 0 Å². The summed E-state index contributed by atoms with van der Waals surface area (Å²) in [7, 11) is -3.85. The van der Waals surface area contributed by atoms with Crippen LogP contribution in [0.4, 0.5) is 0 Å². The Balaban J connectivity index is 2.30. The van der Waals surface area contributed by atoms with Gasteiger partial charge in [0, 0.05) is 23.1 Å². The summed E-state index contributed by atoms with van der Waals surface area (Å²) < 4.78 is 23.3. The Morgan fingerprint density at radius 1 is 1.15 bits per heavy atom. The fourth-order valence-electron chi connectivity index (χ4n) is 2.31. The summed E-state index contributed by atoms with van der Waals surface area (Å²) in [5.74, 6) is -0.135. The van der Waals surface area contributed by atoms with Crippen molar-refractivity contribution in [1.82, 2.24) is 4.90 Å². The number of carbonyl (C=O) groups excluding carboxylic acids is 1. The van der Waals surface area contributed by atoms with Crippen LogP contribution < -0.4 is 5.14 Å². The number of likely N-dealkylation sites (tertiary alicyclic amines) is 1. The molecule has 0 unspecified atom stereocenters. The molecule has 1 aromatic rings. The number of hydrogen-bond donors (Lipinski definition) is 1. The van der Waals surface area contributed by atoms with Crippen molar-refractivity contribution in [1.29, 1.82) is 0 Å². The number of hydrogen-bond acceptors (Lipinski definition) is 3. The van der Waals surface area contributed by atoms with Gasteiger partial charge in [-0.1, -0.05) is 12.8 Å². The quantitative estimate of drug-likeness (QED) is 0.876. The monoisotopic (exact) mass is 360 g/mol. The lowest BCUT2D eigenvalue weighted by atomic mass is 10.2. The minimum Gasteiger partial charge on any atom is -0.339 e. The summed E-state index contributed by atoms with van der Waals surface area (Å²) in [5, 5.41) is 5.15. The summed E-state index contributed by atoms with van der Waals surface area (Å²) in [6, 6.07) is 4.50. The van der Waals surface area contributed by atoms with Crippen molar-refractivity contribution < 1.29 is 13.2 Å². The molecular weight excluding hydrogens is 344 g/mol. The van der Waals surface area contributed by atoms with Crippen LogP contribution in [-0.4, -0.2) is 32.3 Å². The van der Waals surface area contributed by atoms with Crippen LogP contribution in [0.15, 0.2) is 27.6 Å². The second kappa shape index (κ2) is 6.24. The van der Waals surface area contributed by atoms with Crippen LogP contribution in [0.3, 0.4) is 0 Å². The highest BCUT2D eigenvalue weighted by molar-refractivity contribution is 9.10. The number of primary sulfonamides is 1. The molecule has 0 aromatic heterocycles. The maximum Gasteiger partial charge on any atom is 0.253 e. The molecule has 1 aliphatic heterocycles. The Bertz CT molecular complexity index is 608. The van der Waals surface area contributed by atoms with Crippen molar-refractivity contribution in [2.75, 3.05) is 13.1 Å². The lowest BCUT2D eigenvalue weighted by Crippen LogP contribution is -2.32. The maximum absolute atomic E-state index is 12.4. The Morgan fingerprint density at radius 2 is 1.75 bits per heavy atom. The molecule has 0 atom stereocenters. The van der Waals surface area contributed by atoms with E-state index in [4.69, 9.17) is 5.14 Å². The second-order valence-electron chi connectivity index (χ2n) is 4.90. The fourth-order valence-corrected chi connectivity index (χ4v) is 3.87. The Hall–Kier alpha value is -0.920. The number of nitrogens with zero attached hydrogens (tertiary/aromatic N) is 1. The van der Waals surface area contributed by atoms with Gasteiger partial charge in [0.2, 0.25) is 10.0 Å². The molecule has 0 aliphatic carbocycles. The molecule has 0 bridgehead atoms. The zero-order valence-electron chi connectivity index (χ0n) is 11.0. The van der Waals surface area contributed by atoms with Gasteiger partial charge in [-0.25, -0.2) is 13.6 Å². The van der Waals surface area contributed by atoms with Crippen molar-refractivity contribution in [2.45, 2.75) is 30.6 Å². The van der Waals surface area contributed by atoms with Crippen molar-refractivity contribution in [3.05, 3.63) is 28.2 Å². The van der Waals surface area contributed by atoms with Crippen LogP contribution in [0.2, 0.25) is 0 Å². The molecule has 0 radical (unpaired) electrons. The predicted molar refractivity (Wildman–Crippen MR) is 79.9 cm³/mol. The van der Waals surface area contributed by atoms with Gasteiger partial charge in [0.1, 0.15) is 0 Å². The Labute approximate surface area is 127 Å². The van der Waals surface area contributed by atoms with Crippen molar-refractivity contribution in [3.8, 4) is 0 Å². The van der Waals surface area contributed by atoms with Gasteiger partial charge in [-0.05, 0) is 47.0 Å². The van der Waals surface area contributed by atoms with Crippen LogP contribution in [-0.2, 0) is 10.0 Å². The number of benzene rings is 1. The number of carbonyl (C=O) groups is 1. The number of nitrogens with two attached hydrogens (primary N) is 1. The molecule has 1 saturated heterocycles. The van der Waals surface area contributed by atoms with Gasteiger partial charge in [-0.2, -0.15) is 0 Å². The van der Waals surface area contributed by atoms with Gasteiger partial charge >= 0.3 is 0 Å². The first-order chi connectivity index (χ1) is 9.39. The molecule has 2 rings (SSSR count). The molecule has 5 nitrogen and oxygen atoms in total. The molecule has 7 heteroatoms. The zero-order valence-corrected chi connectivity index (χ0v) is 13.4. The van der Waals surface area contributed by atoms with E-state index in [1.54, 1.807) is 17.0 Å². The first-order valence-corrected chi connectivity index (χ1v) is 8.85. The van der Waals surface area contributed by atoms with E-state index in [1.807, 2.05) is 0 Å². The third-order valence-electron chi connectivity index (χ3n) is 3.38. The topological polar surface area (TPSA) is 80.5 Å². The molecule has 20 heavy (non-hydrogen) atoms. The van der Waals surface area contributed by atoms with E-state index in [-0.39, 0.29) is 10.8 Å². The molecular formula is C13H17BrN2O3S. The maximum atomic E-state index is 12.4. The van der Waals surface area contributed by atoms with Gasteiger partial charge in [0.05, 0.1) is 4.90 Å². The van der Waals surface area contributed by atoms with Gasteiger partial charge in [0.25, 0.3) is 5.91 Å². The molecule has 110 valence electrons. The van der Waals surface area contributed by atoms with E-state index < -0.39 is 10.0 Å². The van der Waals surface area contributed by atoms with Gasteiger partial charge in [0.15, 0.2) is 0 Å². The first-order valence-electron chi connectivity index (χ1n) is 6.51. The van der Waals surface area contributed by atoms with Gasteiger partial charge in [-0.3, -0.25) is 4.79 Å². The summed E-state index contributed by atoms with van der Waals surface area (Å²) in [5.41, 5.74) is 0.360. The SMILES string of the molecule is NS(=O)(=O)c1cc(C(=O)N2CCCCCC2)ccc1Br. The Morgan fingerprint density at radius 3 is 2.30 bits per heavy atom. The van der Waals surface area contributed by atoms with Crippen molar-refractivity contribution >= 4 is 31.9 Å². The average Bonchev–Trinajstić information content (AvgIpc) is 2.66. The van der Waals surface area contributed by atoms with Crippen molar-refractivity contribution in [2.24, 2.45) is 5.14 Å². The fraction of sp³-hybridized carbons (Fsp3) is 0.462. The zero-order chi connectivity index (χ0) is 14.8. The third-order valence-corrected chi connectivity index (χ3v) is 5.28. The lowest BCUT2D eigenvalue weighted by molar-refractivity contribution is 0.0761. The van der Waals surface area contributed by atoms with Crippen LogP contribution in [0.1, 0.15) is 36.0 Å². The van der Waals surface area contributed by atoms with E-state index in [9.17, 15) is 13.2 Å². The molecule has 1 amide bonds. The third kappa shape index (κ3) is 3.59. The van der Waals surface area contributed by atoms with E-state index >= 15 is 0 Å². The van der Waals surface area contributed by atoms with Crippen LogP contribution in [0.25, 0.3) is 0 Å². The summed E-state index contributed by atoms with van der Waals surface area (Å²) in [4.78, 5) is 14.1. The first kappa shape index (κ1) is 15.5. The molecule has 1 fully saturated rings. The predicted octanol–water partition coefficient (Wildman–Crippen LogP) is 2.11. The highest BCUT2D eigenvalue weighted by Gasteiger charge is 2.20. The van der Waals surface area contributed by atoms with E-state index in [0.717, 1.165) is 38.8 Å². The Kier molecular flexibility index (Phi) is 4.82. The number of halogens is 1. The molecule has 0 spiro atoms. The second-order valence-corrected chi connectivity index (χ2v) is 7.28. The minimum absolute atomic E-state index is 0.0572. The average molecular weight is 361 g/mol. The van der Waals surface area contributed by atoms with Crippen LogP contribution in [0, 0.1) is 0 Å².